The Morgan fingerprint density at radius 2 is 2.04 bits per heavy atom. The molecule has 0 saturated carbocycles. The molecule has 144 valence electrons. The molecule has 2 amide bonds. The van der Waals surface area contributed by atoms with E-state index in [1.165, 1.54) is 0 Å². The van der Waals surface area contributed by atoms with Crippen LogP contribution in [0.5, 0.6) is 0 Å². The van der Waals surface area contributed by atoms with E-state index < -0.39 is 0 Å². The number of benzene rings is 1. The van der Waals surface area contributed by atoms with Crippen LogP contribution < -0.4 is 5.32 Å². The van der Waals surface area contributed by atoms with E-state index in [0.717, 1.165) is 28.2 Å². The van der Waals surface area contributed by atoms with Crippen LogP contribution in [-0.2, 0) is 22.6 Å². The molecule has 1 N–H and O–H groups in total. The first-order valence-corrected chi connectivity index (χ1v) is 11.1. The summed E-state index contributed by atoms with van der Waals surface area (Å²) >= 11 is 3.15. The Bertz CT molecular complexity index is 938. The molecule has 0 bridgehead atoms. The number of nitrogens with one attached hydrogen (secondary N) is 1. The highest BCUT2D eigenvalue weighted by Gasteiger charge is 2.33. The van der Waals surface area contributed by atoms with Gasteiger partial charge in [-0.15, -0.1) is 11.3 Å². The number of rotatable bonds is 6. The number of likely N-dealkylation sites (tertiary alicyclic amines) is 1. The normalized spacial score (nSPS) is 16.3. The minimum atomic E-state index is -0.377. The summed E-state index contributed by atoms with van der Waals surface area (Å²) < 4.78 is 0. The van der Waals surface area contributed by atoms with Crippen LogP contribution in [0, 0.1) is 0 Å². The zero-order valence-corrected chi connectivity index (χ0v) is 17.0. The molecule has 1 saturated heterocycles. The molecule has 0 spiro atoms. The van der Waals surface area contributed by atoms with Crippen molar-refractivity contribution in [2.24, 2.45) is 0 Å². The molecule has 1 atom stereocenters. The quantitative estimate of drug-likeness (QED) is 0.672. The summed E-state index contributed by atoms with van der Waals surface area (Å²) in [6.45, 7) is 1.03. The molecule has 1 fully saturated rings. The second-order valence-electron chi connectivity index (χ2n) is 6.78. The van der Waals surface area contributed by atoms with E-state index in [9.17, 15) is 9.59 Å². The molecule has 4 rings (SSSR count). The zero-order valence-electron chi connectivity index (χ0n) is 15.3. The third kappa shape index (κ3) is 4.31. The van der Waals surface area contributed by atoms with Crippen molar-refractivity contribution in [2.75, 3.05) is 6.54 Å². The summed E-state index contributed by atoms with van der Waals surface area (Å²) in [4.78, 5) is 31.6. The van der Waals surface area contributed by atoms with Gasteiger partial charge in [0, 0.05) is 17.5 Å². The van der Waals surface area contributed by atoms with Gasteiger partial charge in [-0.2, -0.15) is 11.3 Å². The second kappa shape index (κ2) is 8.67. The van der Waals surface area contributed by atoms with Crippen LogP contribution in [0.2, 0.25) is 0 Å². The number of aromatic nitrogens is 1. The number of carbonyl (C=O) groups excluding carboxylic acids is 2. The summed E-state index contributed by atoms with van der Waals surface area (Å²) in [6, 6.07) is 11.6. The maximum atomic E-state index is 12.7. The largest absolute Gasteiger partial charge is 0.349 e. The second-order valence-corrected chi connectivity index (χ2v) is 8.42. The lowest BCUT2D eigenvalue weighted by molar-refractivity contribution is -0.138. The number of hydrogen-bond acceptors (Lipinski definition) is 5. The fourth-order valence-electron chi connectivity index (χ4n) is 3.40. The minimum absolute atomic E-state index is 0.0241. The third-order valence-corrected chi connectivity index (χ3v) is 6.50. The van der Waals surface area contributed by atoms with Gasteiger partial charge >= 0.3 is 0 Å². The lowest BCUT2D eigenvalue weighted by atomic mass is 10.1. The lowest BCUT2D eigenvalue weighted by Gasteiger charge is -2.23. The van der Waals surface area contributed by atoms with E-state index in [-0.39, 0.29) is 17.9 Å². The molecule has 0 aliphatic carbocycles. The van der Waals surface area contributed by atoms with Crippen LogP contribution in [0.25, 0.3) is 10.6 Å². The molecule has 3 aromatic rings. The first kappa shape index (κ1) is 18.8. The fourth-order valence-corrected chi connectivity index (χ4v) is 4.90. The van der Waals surface area contributed by atoms with Crippen molar-refractivity contribution >= 4 is 34.5 Å². The van der Waals surface area contributed by atoms with Crippen LogP contribution >= 0.6 is 22.7 Å². The topological polar surface area (TPSA) is 62.3 Å². The van der Waals surface area contributed by atoms with Gasteiger partial charge < -0.3 is 10.2 Å². The summed E-state index contributed by atoms with van der Waals surface area (Å²) in [6.07, 6.45) is 1.94. The van der Waals surface area contributed by atoms with Gasteiger partial charge in [0.2, 0.25) is 11.8 Å². The standard InChI is InChI=1S/C21H21N3O2S2/c25-19(11-15-8-10-27-13-15)24-9-4-7-18(24)20(26)22-12-17-14-28-21(23-17)16-5-2-1-3-6-16/h1-3,5-6,8,10,13-14,18H,4,7,9,11-12H2,(H,22,26). The first-order valence-electron chi connectivity index (χ1n) is 9.29. The number of nitrogens with zero attached hydrogens (tertiary/aromatic N) is 2. The molecule has 1 aliphatic heterocycles. The van der Waals surface area contributed by atoms with Gasteiger partial charge in [-0.3, -0.25) is 9.59 Å². The van der Waals surface area contributed by atoms with Gasteiger partial charge in [-0.1, -0.05) is 30.3 Å². The predicted molar refractivity (Wildman–Crippen MR) is 112 cm³/mol. The Balaban J connectivity index is 1.34. The van der Waals surface area contributed by atoms with Gasteiger partial charge in [0.25, 0.3) is 0 Å². The van der Waals surface area contributed by atoms with E-state index in [0.29, 0.717) is 25.9 Å². The highest BCUT2D eigenvalue weighted by Crippen LogP contribution is 2.23. The van der Waals surface area contributed by atoms with Crippen molar-refractivity contribution < 1.29 is 9.59 Å². The zero-order chi connectivity index (χ0) is 19.3. The van der Waals surface area contributed by atoms with Gasteiger partial charge in [-0.05, 0) is 35.2 Å². The number of amides is 2. The Morgan fingerprint density at radius 3 is 2.82 bits per heavy atom. The van der Waals surface area contributed by atoms with E-state index in [4.69, 9.17) is 0 Å². The van der Waals surface area contributed by atoms with Gasteiger partial charge in [0.15, 0.2) is 0 Å². The Kier molecular flexibility index (Phi) is 5.83. The number of thiophene rings is 1. The Morgan fingerprint density at radius 1 is 1.18 bits per heavy atom. The van der Waals surface area contributed by atoms with Crippen LogP contribution in [0.3, 0.4) is 0 Å². The van der Waals surface area contributed by atoms with Crippen molar-refractivity contribution in [1.82, 2.24) is 15.2 Å². The van der Waals surface area contributed by atoms with Crippen molar-refractivity contribution in [1.29, 1.82) is 0 Å². The summed E-state index contributed by atoms with van der Waals surface area (Å²) in [5.41, 5.74) is 2.93. The smallest absolute Gasteiger partial charge is 0.243 e. The maximum absolute atomic E-state index is 12.7. The predicted octanol–water partition coefficient (Wildman–Crippen LogP) is 3.72. The molecule has 2 aromatic heterocycles. The molecule has 3 heterocycles. The molecule has 5 nitrogen and oxygen atoms in total. The average Bonchev–Trinajstić information content (AvgIpc) is 3.48. The van der Waals surface area contributed by atoms with E-state index >= 15 is 0 Å². The van der Waals surface area contributed by atoms with Crippen LogP contribution in [-0.4, -0.2) is 34.3 Å². The first-order chi connectivity index (χ1) is 13.7. The van der Waals surface area contributed by atoms with Crippen LogP contribution in [0.15, 0.2) is 52.5 Å². The molecule has 7 heteroatoms. The van der Waals surface area contributed by atoms with E-state index in [1.807, 2.05) is 52.5 Å². The molecule has 0 radical (unpaired) electrons. The summed E-state index contributed by atoms with van der Waals surface area (Å²) in [7, 11) is 0. The molecule has 1 aromatic carbocycles. The average molecular weight is 412 g/mol. The molecular formula is C21H21N3O2S2. The number of thiazole rings is 1. The van der Waals surface area contributed by atoms with Crippen molar-refractivity contribution in [3.05, 3.63) is 63.8 Å². The molecule has 1 unspecified atom stereocenters. The maximum Gasteiger partial charge on any atom is 0.243 e. The van der Waals surface area contributed by atoms with E-state index in [1.54, 1.807) is 27.6 Å². The molecule has 1 aliphatic rings. The minimum Gasteiger partial charge on any atom is -0.349 e. The highest BCUT2D eigenvalue weighted by atomic mass is 32.1. The van der Waals surface area contributed by atoms with Gasteiger partial charge in [0.05, 0.1) is 18.7 Å². The molecular weight excluding hydrogens is 390 g/mol. The van der Waals surface area contributed by atoms with Crippen LogP contribution in [0.4, 0.5) is 0 Å². The SMILES string of the molecule is O=C(NCc1csc(-c2ccccc2)n1)C1CCCN1C(=O)Cc1ccsc1. The van der Waals surface area contributed by atoms with Gasteiger partial charge in [-0.25, -0.2) is 4.98 Å². The lowest BCUT2D eigenvalue weighted by Crippen LogP contribution is -2.46. The number of carbonyl (C=O) groups is 2. The van der Waals surface area contributed by atoms with Crippen molar-refractivity contribution in [3.8, 4) is 10.6 Å². The van der Waals surface area contributed by atoms with Gasteiger partial charge in [0.1, 0.15) is 11.0 Å². The summed E-state index contributed by atoms with van der Waals surface area (Å²) in [5, 5.41) is 9.82. The van der Waals surface area contributed by atoms with Crippen LogP contribution in [0.1, 0.15) is 24.1 Å². The van der Waals surface area contributed by atoms with Crippen molar-refractivity contribution in [2.45, 2.75) is 31.8 Å². The monoisotopic (exact) mass is 411 g/mol. The Labute approximate surface area is 172 Å². The fraction of sp³-hybridized carbons (Fsp3) is 0.286. The van der Waals surface area contributed by atoms with E-state index in [2.05, 4.69) is 10.3 Å². The molecule has 28 heavy (non-hydrogen) atoms. The Hall–Kier alpha value is -2.51. The van der Waals surface area contributed by atoms with Crippen molar-refractivity contribution in [3.63, 3.8) is 0 Å². The number of hydrogen-bond donors (Lipinski definition) is 1. The highest BCUT2D eigenvalue weighted by molar-refractivity contribution is 7.13. The summed E-state index contributed by atoms with van der Waals surface area (Å²) in [5.74, 6) is -0.0681. The third-order valence-electron chi connectivity index (χ3n) is 4.83.